The van der Waals surface area contributed by atoms with Crippen LogP contribution in [0, 0.1) is 0 Å². The third kappa shape index (κ3) is 17.0. The molecule has 0 unspecified atom stereocenters. The average Bonchev–Trinajstić information content (AvgIpc) is 2.67. The fourth-order valence-corrected chi connectivity index (χ4v) is 1.71. The van der Waals surface area contributed by atoms with Crippen molar-refractivity contribution < 1.29 is 4.57 Å². The summed E-state index contributed by atoms with van der Waals surface area (Å²) in [5.41, 5.74) is 0. The van der Waals surface area contributed by atoms with E-state index in [0.29, 0.717) is 0 Å². The summed E-state index contributed by atoms with van der Waals surface area (Å²) in [4.78, 5) is 0. The van der Waals surface area contributed by atoms with Gasteiger partial charge < -0.3 is 0 Å². The van der Waals surface area contributed by atoms with E-state index in [9.17, 15) is 0 Å². The molecule has 1 rings (SSSR count). The van der Waals surface area contributed by atoms with Crippen molar-refractivity contribution in [2.75, 3.05) is 0 Å². The molecule has 0 saturated heterocycles. The second-order valence-corrected chi connectivity index (χ2v) is 27.2. The van der Waals surface area contributed by atoms with Gasteiger partial charge in [-0.15, -0.1) is 0 Å². The average molecular weight is 407 g/mol. The summed E-state index contributed by atoms with van der Waals surface area (Å²) in [5, 5.41) is 0. The van der Waals surface area contributed by atoms with Gasteiger partial charge in [0.1, 0.15) is 12.4 Å². The third-order valence-corrected chi connectivity index (χ3v) is 2.59. The zero-order valence-electron chi connectivity index (χ0n) is 11.7. The molecular formula is C12H23Cl4GaN2. The van der Waals surface area contributed by atoms with Gasteiger partial charge in [-0.25, -0.2) is 9.13 Å². The SMILES string of the molecule is CCCCCCCCn1cc[n+](C)c1.[Cl][Ga-]([Cl])([Cl])[Cl]. The van der Waals surface area contributed by atoms with Gasteiger partial charge in [-0.3, -0.25) is 0 Å². The first-order valence-corrected chi connectivity index (χ1v) is 19.4. The van der Waals surface area contributed by atoms with Crippen LogP contribution >= 0.6 is 38.6 Å². The van der Waals surface area contributed by atoms with Gasteiger partial charge in [0.2, 0.25) is 6.33 Å². The van der Waals surface area contributed by atoms with Gasteiger partial charge in [0.05, 0.1) is 13.6 Å². The summed E-state index contributed by atoms with van der Waals surface area (Å²) in [6, 6.07) is 0. The molecule has 1 aromatic rings. The van der Waals surface area contributed by atoms with E-state index >= 15 is 0 Å². The molecule has 0 aliphatic rings. The molecule has 112 valence electrons. The van der Waals surface area contributed by atoms with E-state index in [2.05, 4.69) is 41.8 Å². The van der Waals surface area contributed by atoms with Crippen molar-refractivity contribution in [2.24, 2.45) is 7.05 Å². The van der Waals surface area contributed by atoms with E-state index in [1.54, 1.807) is 0 Å². The molecule has 0 atom stereocenters. The Balaban J connectivity index is 0.000000555. The number of imidazole rings is 1. The Kier molecular flexibility index (Phi) is 12.3. The van der Waals surface area contributed by atoms with Crippen LogP contribution in [0.5, 0.6) is 0 Å². The monoisotopic (exact) mass is 404 g/mol. The number of rotatable bonds is 7. The first kappa shape index (κ1) is 20.0. The Bertz CT molecular complexity index is 320. The Labute approximate surface area is 136 Å². The molecule has 2 nitrogen and oxygen atoms in total. The summed E-state index contributed by atoms with van der Waals surface area (Å²) in [5.74, 6) is 0. The van der Waals surface area contributed by atoms with Gasteiger partial charge in [0.25, 0.3) is 0 Å². The maximum atomic E-state index is 5.03. The number of halogens is 4. The first-order chi connectivity index (χ1) is 8.83. The zero-order chi connectivity index (χ0) is 14.7. The molecule has 0 radical (unpaired) electrons. The normalized spacial score (nSPS) is 11.1. The Hall–Kier alpha value is 1.01. The van der Waals surface area contributed by atoms with Crippen molar-refractivity contribution in [3.8, 4) is 0 Å². The van der Waals surface area contributed by atoms with Crippen LogP contribution in [0.1, 0.15) is 45.4 Å². The third-order valence-electron chi connectivity index (χ3n) is 2.59. The van der Waals surface area contributed by atoms with Crippen LogP contribution in [0.25, 0.3) is 0 Å². The summed E-state index contributed by atoms with van der Waals surface area (Å²) in [6.45, 7) is 3.44. The zero-order valence-corrected chi connectivity index (χ0v) is 17.1. The van der Waals surface area contributed by atoms with Gasteiger partial charge >= 0.3 is 49.6 Å². The van der Waals surface area contributed by atoms with E-state index in [1.807, 2.05) is 0 Å². The predicted octanol–water partition coefficient (Wildman–Crippen LogP) is 5.05. The van der Waals surface area contributed by atoms with E-state index in [-0.39, 0.29) is 0 Å². The number of hydrogen-bond acceptors (Lipinski definition) is 0. The quantitative estimate of drug-likeness (QED) is 0.340. The molecule has 7 heteroatoms. The second-order valence-electron chi connectivity index (χ2n) is 4.58. The van der Waals surface area contributed by atoms with Gasteiger partial charge in [-0.2, -0.15) is 0 Å². The van der Waals surface area contributed by atoms with Crippen LogP contribution in [0.3, 0.4) is 0 Å². The Morgan fingerprint density at radius 3 is 2.00 bits per heavy atom. The van der Waals surface area contributed by atoms with Crippen molar-refractivity contribution in [1.82, 2.24) is 4.57 Å². The standard InChI is InChI=1S/C12H23N2.4ClH.Ga/c1-3-4-5-6-7-8-9-14-11-10-13(2)12-14;;;;;/h10-12H,3-9H2,1-2H3;4*1H;/q+1;;;;;+3/p-4. The molecule has 1 aromatic heterocycles. The molecule has 0 aromatic carbocycles. The fraction of sp³-hybridized carbons (Fsp3) is 0.750. The molecule has 0 aliphatic heterocycles. The van der Waals surface area contributed by atoms with Crippen molar-refractivity contribution in [2.45, 2.75) is 52.0 Å². The van der Waals surface area contributed by atoms with Crippen LogP contribution in [0.15, 0.2) is 18.7 Å². The fourth-order valence-electron chi connectivity index (χ4n) is 1.71. The molecule has 0 fully saturated rings. The van der Waals surface area contributed by atoms with Gasteiger partial charge in [-0.05, 0) is 12.8 Å². The summed E-state index contributed by atoms with van der Waals surface area (Å²) >= 11 is -3.24. The van der Waals surface area contributed by atoms with Gasteiger partial charge in [-0.1, -0.05) is 32.6 Å². The molecule has 0 N–H and O–H groups in total. The number of hydrogen-bond donors (Lipinski definition) is 0. The van der Waals surface area contributed by atoms with Crippen LogP contribution in [0.2, 0.25) is 0 Å². The van der Waals surface area contributed by atoms with E-state index in [4.69, 9.17) is 38.6 Å². The predicted molar refractivity (Wildman–Crippen MR) is 88.2 cm³/mol. The molecule has 0 saturated carbocycles. The summed E-state index contributed by atoms with van der Waals surface area (Å²) < 4.78 is 4.36. The van der Waals surface area contributed by atoms with Crippen LogP contribution in [-0.4, -0.2) is 15.6 Å². The molecular weight excluding hydrogens is 384 g/mol. The van der Waals surface area contributed by atoms with Crippen molar-refractivity contribution in [3.05, 3.63) is 18.7 Å². The maximum absolute atomic E-state index is 5.03. The summed E-state index contributed by atoms with van der Waals surface area (Å²) in [7, 11) is 22.2. The van der Waals surface area contributed by atoms with Crippen molar-refractivity contribution >= 4 is 49.6 Å². The van der Waals surface area contributed by atoms with E-state index in [0.717, 1.165) is 0 Å². The van der Waals surface area contributed by atoms with Crippen LogP contribution in [-0.2, 0) is 13.6 Å². The topological polar surface area (TPSA) is 8.81 Å². The Morgan fingerprint density at radius 1 is 1.00 bits per heavy atom. The first-order valence-electron chi connectivity index (χ1n) is 6.71. The molecule has 0 bridgehead atoms. The Morgan fingerprint density at radius 2 is 1.53 bits per heavy atom. The molecule has 0 spiro atoms. The van der Waals surface area contributed by atoms with E-state index < -0.39 is 11.0 Å². The minimum atomic E-state index is -3.24. The number of unbranched alkanes of at least 4 members (excludes halogenated alkanes) is 5. The summed E-state index contributed by atoms with van der Waals surface area (Å²) in [6.07, 6.45) is 14.6. The van der Waals surface area contributed by atoms with Crippen molar-refractivity contribution in [1.29, 1.82) is 0 Å². The van der Waals surface area contributed by atoms with Crippen LogP contribution in [0.4, 0.5) is 0 Å². The number of aryl methyl sites for hydroxylation is 2. The second kappa shape index (κ2) is 11.6. The molecule has 0 amide bonds. The molecule has 19 heavy (non-hydrogen) atoms. The van der Waals surface area contributed by atoms with Gasteiger partial charge in [0.15, 0.2) is 0 Å². The van der Waals surface area contributed by atoms with Crippen molar-refractivity contribution in [3.63, 3.8) is 0 Å². The number of nitrogens with zero attached hydrogens (tertiary/aromatic N) is 2. The minimum absolute atomic E-state index is 1.17. The number of aromatic nitrogens is 2. The molecule has 1 heterocycles. The van der Waals surface area contributed by atoms with E-state index in [1.165, 1.54) is 45.1 Å². The van der Waals surface area contributed by atoms with Gasteiger partial charge in [0, 0.05) is 0 Å². The van der Waals surface area contributed by atoms with Crippen LogP contribution < -0.4 is 4.57 Å². The molecule has 0 aliphatic carbocycles.